The Hall–Kier alpha value is -0.580. The summed E-state index contributed by atoms with van der Waals surface area (Å²) in [7, 11) is 0. The number of rotatable bonds is 6. The maximum Gasteiger partial charge on any atom is 0.450 e. The predicted molar refractivity (Wildman–Crippen MR) is 62.3 cm³/mol. The van der Waals surface area contributed by atoms with Crippen LogP contribution in [0.3, 0.4) is 0 Å². The monoisotopic (exact) mass is 266 g/mol. The Kier molecular flexibility index (Phi) is 6.12. The van der Waals surface area contributed by atoms with Gasteiger partial charge >= 0.3 is 6.18 Å². The lowest BCUT2D eigenvalue weighted by Crippen LogP contribution is -2.41. The number of carbonyl (C=O) groups is 1. The lowest BCUT2D eigenvalue weighted by Gasteiger charge is -2.31. The number of Topliss-reactive ketones (excluding diaryl/α,β-unsaturated/α-hetero) is 1. The zero-order chi connectivity index (χ0) is 13.6. The van der Waals surface area contributed by atoms with Gasteiger partial charge in [0.15, 0.2) is 0 Å². The Balaban J connectivity index is 2.49. The molecule has 1 aliphatic rings. The quantitative estimate of drug-likeness (QED) is 0.682. The SMILES string of the molecule is CCCCCC[C@H]1OCCC[C@H]1C(=O)C(F)(F)F. The fourth-order valence-corrected chi connectivity index (χ4v) is 2.41. The van der Waals surface area contributed by atoms with Crippen LogP contribution in [-0.4, -0.2) is 24.7 Å². The Bertz CT molecular complexity index is 263. The lowest BCUT2D eigenvalue weighted by atomic mass is 9.87. The molecule has 106 valence electrons. The summed E-state index contributed by atoms with van der Waals surface area (Å²) in [6.45, 7) is 2.55. The molecule has 2 nitrogen and oxygen atoms in total. The van der Waals surface area contributed by atoms with Crippen molar-refractivity contribution < 1.29 is 22.7 Å². The molecule has 5 heteroatoms. The number of carbonyl (C=O) groups excluding carboxylic acids is 1. The average molecular weight is 266 g/mol. The largest absolute Gasteiger partial charge is 0.450 e. The highest BCUT2D eigenvalue weighted by atomic mass is 19.4. The molecular formula is C13H21F3O2. The Morgan fingerprint density at radius 2 is 2.00 bits per heavy atom. The predicted octanol–water partition coefficient (Wildman–Crippen LogP) is 3.88. The van der Waals surface area contributed by atoms with Crippen molar-refractivity contribution in [3.63, 3.8) is 0 Å². The van der Waals surface area contributed by atoms with E-state index in [4.69, 9.17) is 4.74 Å². The zero-order valence-corrected chi connectivity index (χ0v) is 10.8. The standard InChI is InChI=1S/C13H21F3O2/c1-2-3-4-5-8-11-10(7-6-9-18-11)12(17)13(14,15)16/h10-11H,2-9H2,1H3/t10-,11-/m1/s1. The molecule has 2 atom stereocenters. The third kappa shape index (κ3) is 4.59. The molecule has 0 radical (unpaired) electrons. The highest BCUT2D eigenvalue weighted by molar-refractivity contribution is 5.86. The van der Waals surface area contributed by atoms with Gasteiger partial charge in [0.05, 0.1) is 12.0 Å². The van der Waals surface area contributed by atoms with Crippen LogP contribution in [0.2, 0.25) is 0 Å². The molecule has 0 aromatic rings. The summed E-state index contributed by atoms with van der Waals surface area (Å²) in [5.74, 6) is -2.59. The number of ether oxygens (including phenoxy) is 1. The van der Waals surface area contributed by atoms with Crippen LogP contribution >= 0.6 is 0 Å². The van der Waals surface area contributed by atoms with Crippen LogP contribution in [0.25, 0.3) is 0 Å². The van der Waals surface area contributed by atoms with Gasteiger partial charge in [0.25, 0.3) is 0 Å². The summed E-state index contributed by atoms with van der Waals surface area (Å²) in [5, 5.41) is 0. The van der Waals surface area contributed by atoms with Gasteiger partial charge in [-0.15, -0.1) is 0 Å². The molecule has 1 heterocycles. The number of halogens is 3. The van der Waals surface area contributed by atoms with Crippen molar-refractivity contribution in [1.82, 2.24) is 0 Å². The van der Waals surface area contributed by atoms with Crippen LogP contribution in [0, 0.1) is 5.92 Å². The molecule has 0 unspecified atom stereocenters. The number of ketones is 1. The topological polar surface area (TPSA) is 26.3 Å². The van der Waals surface area contributed by atoms with E-state index in [-0.39, 0.29) is 0 Å². The third-order valence-corrected chi connectivity index (χ3v) is 3.40. The second kappa shape index (κ2) is 7.12. The van der Waals surface area contributed by atoms with E-state index in [1.165, 1.54) is 0 Å². The van der Waals surface area contributed by atoms with Crippen LogP contribution in [0.4, 0.5) is 13.2 Å². The first-order chi connectivity index (χ1) is 8.46. The minimum atomic E-state index is -4.73. The maximum atomic E-state index is 12.4. The molecule has 0 amide bonds. The van der Waals surface area contributed by atoms with Crippen molar-refractivity contribution in [3.8, 4) is 0 Å². The van der Waals surface area contributed by atoms with Crippen LogP contribution in [0.5, 0.6) is 0 Å². The van der Waals surface area contributed by atoms with E-state index >= 15 is 0 Å². The van der Waals surface area contributed by atoms with E-state index in [1.54, 1.807) is 0 Å². The van der Waals surface area contributed by atoms with E-state index in [9.17, 15) is 18.0 Å². The average Bonchev–Trinajstić information content (AvgIpc) is 2.33. The minimum Gasteiger partial charge on any atom is -0.377 e. The molecule has 1 fully saturated rings. The molecule has 0 spiro atoms. The van der Waals surface area contributed by atoms with Crippen molar-refractivity contribution in [2.24, 2.45) is 5.92 Å². The highest BCUT2D eigenvalue weighted by Crippen LogP contribution is 2.32. The smallest absolute Gasteiger partial charge is 0.377 e. The summed E-state index contributed by atoms with van der Waals surface area (Å²) in [4.78, 5) is 11.3. The van der Waals surface area contributed by atoms with Gasteiger partial charge in [0.2, 0.25) is 5.78 Å². The molecule has 1 aliphatic heterocycles. The van der Waals surface area contributed by atoms with Gasteiger partial charge in [-0.25, -0.2) is 0 Å². The van der Waals surface area contributed by atoms with Gasteiger partial charge in [-0.2, -0.15) is 13.2 Å². The van der Waals surface area contributed by atoms with Gasteiger partial charge < -0.3 is 4.74 Å². The Labute approximate surface area is 106 Å². The van der Waals surface area contributed by atoms with Gasteiger partial charge in [0, 0.05) is 6.61 Å². The molecular weight excluding hydrogens is 245 g/mol. The zero-order valence-electron chi connectivity index (χ0n) is 10.8. The van der Waals surface area contributed by atoms with Crippen molar-refractivity contribution in [2.45, 2.75) is 64.1 Å². The first kappa shape index (κ1) is 15.5. The lowest BCUT2D eigenvalue weighted by molar-refractivity contribution is -0.183. The molecule has 0 saturated carbocycles. The highest BCUT2D eigenvalue weighted by Gasteiger charge is 2.46. The third-order valence-electron chi connectivity index (χ3n) is 3.40. The first-order valence-corrected chi connectivity index (χ1v) is 6.69. The number of alkyl halides is 3. The minimum absolute atomic E-state index is 0.302. The van der Waals surface area contributed by atoms with E-state index in [0.717, 1.165) is 25.7 Å². The first-order valence-electron chi connectivity index (χ1n) is 6.69. The van der Waals surface area contributed by atoms with Crippen LogP contribution in [0.1, 0.15) is 51.9 Å². The van der Waals surface area contributed by atoms with Crippen LogP contribution in [-0.2, 0) is 9.53 Å². The van der Waals surface area contributed by atoms with Gasteiger partial charge in [-0.3, -0.25) is 4.79 Å². The van der Waals surface area contributed by atoms with Gasteiger partial charge in [-0.05, 0) is 19.3 Å². The number of hydrogen-bond donors (Lipinski definition) is 0. The summed E-state index contributed by atoms with van der Waals surface area (Å²) >= 11 is 0. The Morgan fingerprint density at radius 1 is 1.28 bits per heavy atom. The molecule has 18 heavy (non-hydrogen) atoms. The normalized spacial score (nSPS) is 25.1. The second-order valence-corrected chi connectivity index (χ2v) is 4.87. The summed E-state index contributed by atoms with van der Waals surface area (Å²) in [5.41, 5.74) is 0. The molecule has 0 aromatic heterocycles. The van der Waals surface area contributed by atoms with E-state index in [0.29, 0.717) is 25.9 Å². The van der Waals surface area contributed by atoms with Crippen LogP contribution < -0.4 is 0 Å². The van der Waals surface area contributed by atoms with Crippen molar-refractivity contribution in [3.05, 3.63) is 0 Å². The van der Waals surface area contributed by atoms with Crippen molar-refractivity contribution in [2.75, 3.05) is 6.61 Å². The molecule has 0 aromatic carbocycles. The van der Waals surface area contributed by atoms with E-state index in [1.807, 2.05) is 0 Å². The van der Waals surface area contributed by atoms with E-state index in [2.05, 4.69) is 6.92 Å². The fraction of sp³-hybridized carbons (Fsp3) is 0.923. The van der Waals surface area contributed by atoms with Crippen molar-refractivity contribution in [1.29, 1.82) is 0 Å². The maximum absolute atomic E-state index is 12.4. The van der Waals surface area contributed by atoms with E-state index < -0.39 is 24.0 Å². The molecule has 0 aliphatic carbocycles. The second-order valence-electron chi connectivity index (χ2n) is 4.87. The van der Waals surface area contributed by atoms with Gasteiger partial charge in [0.1, 0.15) is 0 Å². The van der Waals surface area contributed by atoms with Crippen molar-refractivity contribution >= 4 is 5.78 Å². The molecule has 0 bridgehead atoms. The summed E-state index contributed by atoms with van der Waals surface area (Å²) in [6, 6.07) is 0. The summed E-state index contributed by atoms with van der Waals surface area (Å²) in [6.07, 6.45) is 0.114. The molecule has 1 rings (SSSR count). The summed E-state index contributed by atoms with van der Waals surface area (Å²) < 4.78 is 42.7. The molecule has 1 saturated heterocycles. The Morgan fingerprint density at radius 3 is 2.61 bits per heavy atom. The van der Waals surface area contributed by atoms with Crippen LogP contribution in [0.15, 0.2) is 0 Å². The number of unbranched alkanes of at least 4 members (excludes halogenated alkanes) is 3. The number of hydrogen-bond acceptors (Lipinski definition) is 2. The van der Waals surface area contributed by atoms with Gasteiger partial charge in [-0.1, -0.05) is 32.6 Å². The fourth-order valence-electron chi connectivity index (χ4n) is 2.41. The molecule has 0 N–H and O–H groups in total.